The van der Waals surface area contributed by atoms with Gasteiger partial charge in [-0.3, -0.25) is 4.79 Å². The molecule has 0 aliphatic carbocycles. The summed E-state index contributed by atoms with van der Waals surface area (Å²) in [7, 11) is 0. The van der Waals surface area contributed by atoms with Gasteiger partial charge in [0.25, 0.3) is 5.91 Å². The molecule has 5 heteroatoms. The second kappa shape index (κ2) is 8.20. The number of aromatic nitrogens is 1. The van der Waals surface area contributed by atoms with E-state index >= 15 is 0 Å². The lowest BCUT2D eigenvalue weighted by atomic mass is 10.0. The number of aliphatic hydroxyl groups excluding tert-OH is 1. The Morgan fingerprint density at radius 2 is 2.29 bits per heavy atom. The molecule has 1 aliphatic rings. The molecule has 2 heterocycles. The number of amides is 1. The van der Waals surface area contributed by atoms with Crippen LogP contribution >= 0.6 is 0 Å². The quantitative estimate of drug-likeness (QED) is 0.714. The molecule has 0 aromatic carbocycles. The molecule has 0 saturated carbocycles. The lowest BCUT2D eigenvalue weighted by Gasteiger charge is -2.26. The monoisotopic (exact) mass is 293 g/mol. The molecule has 1 aromatic heterocycles. The molecule has 1 atom stereocenters. The Hall–Kier alpha value is -1.33. The van der Waals surface area contributed by atoms with Gasteiger partial charge in [0, 0.05) is 25.4 Å². The molecule has 118 valence electrons. The maximum absolute atomic E-state index is 12.4. The van der Waals surface area contributed by atoms with Crippen LogP contribution in [0.5, 0.6) is 0 Å². The number of carbonyl (C=O) groups excluding carboxylic acids is 1. The molecule has 5 nitrogen and oxygen atoms in total. The number of hydrogen-bond acceptors (Lipinski definition) is 3. The van der Waals surface area contributed by atoms with Crippen LogP contribution in [0.15, 0.2) is 18.3 Å². The molecule has 1 fully saturated rings. The average Bonchev–Trinajstić information content (AvgIpc) is 3.01. The van der Waals surface area contributed by atoms with Crippen molar-refractivity contribution in [3.05, 3.63) is 24.0 Å². The van der Waals surface area contributed by atoms with Crippen LogP contribution in [0, 0.1) is 5.92 Å². The number of rotatable bonds is 7. The second-order valence-electron chi connectivity index (χ2n) is 5.78. The summed E-state index contributed by atoms with van der Waals surface area (Å²) in [6.07, 6.45) is 5.85. The first kappa shape index (κ1) is 16.0. The standard InChI is InChI=1S/C16H27N3O2/c1-2-13(7-11-20)12-18-16(21)15-4-3-10-19(15)14-5-8-17-9-6-14/h3-4,10,13-14,17,20H,2,5-9,11-12H2,1H3,(H,18,21). The summed E-state index contributed by atoms with van der Waals surface area (Å²) in [6, 6.07) is 4.26. The molecular formula is C16H27N3O2. The molecule has 1 amide bonds. The van der Waals surface area contributed by atoms with Crippen molar-refractivity contribution in [3.8, 4) is 0 Å². The summed E-state index contributed by atoms with van der Waals surface area (Å²) in [5, 5.41) is 15.4. The zero-order valence-electron chi connectivity index (χ0n) is 12.8. The van der Waals surface area contributed by atoms with Crippen LogP contribution in [0.25, 0.3) is 0 Å². The zero-order chi connectivity index (χ0) is 15.1. The zero-order valence-corrected chi connectivity index (χ0v) is 12.8. The lowest BCUT2D eigenvalue weighted by Crippen LogP contribution is -2.34. The molecule has 3 N–H and O–H groups in total. The number of piperidine rings is 1. The van der Waals surface area contributed by atoms with Crippen molar-refractivity contribution in [2.45, 2.75) is 38.6 Å². The summed E-state index contributed by atoms with van der Waals surface area (Å²) < 4.78 is 2.11. The van der Waals surface area contributed by atoms with Crippen molar-refractivity contribution in [1.29, 1.82) is 0 Å². The molecule has 2 rings (SSSR count). The van der Waals surface area contributed by atoms with E-state index in [0.717, 1.165) is 44.5 Å². The van der Waals surface area contributed by atoms with E-state index in [1.165, 1.54) is 0 Å². The first-order chi connectivity index (χ1) is 10.3. The Kier molecular flexibility index (Phi) is 6.26. The fraction of sp³-hybridized carbons (Fsp3) is 0.688. The van der Waals surface area contributed by atoms with Gasteiger partial charge in [0.1, 0.15) is 5.69 Å². The number of hydrogen-bond donors (Lipinski definition) is 3. The van der Waals surface area contributed by atoms with E-state index < -0.39 is 0 Å². The summed E-state index contributed by atoms with van der Waals surface area (Å²) in [5.74, 6) is 0.344. The smallest absolute Gasteiger partial charge is 0.267 e. The maximum Gasteiger partial charge on any atom is 0.267 e. The van der Waals surface area contributed by atoms with Crippen LogP contribution < -0.4 is 10.6 Å². The molecule has 0 radical (unpaired) electrons. The maximum atomic E-state index is 12.4. The molecule has 1 saturated heterocycles. The summed E-state index contributed by atoms with van der Waals surface area (Å²) in [4.78, 5) is 12.4. The first-order valence-corrected chi connectivity index (χ1v) is 8.02. The van der Waals surface area contributed by atoms with E-state index in [4.69, 9.17) is 5.11 Å². The molecule has 21 heavy (non-hydrogen) atoms. The van der Waals surface area contributed by atoms with Gasteiger partial charge in [-0.2, -0.15) is 0 Å². The Labute approximate surface area is 126 Å². The minimum Gasteiger partial charge on any atom is -0.396 e. The van der Waals surface area contributed by atoms with Crippen molar-refractivity contribution >= 4 is 5.91 Å². The molecule has 0 bridgehead atoms. The van der Waals surface area contributed by atoms with Crippen LogP contribution in [0.2, 0.25) is 0 Å². The van der Waals surface area contributed by atoms with Crippen LogP contribution in [-0.2, 0) is 0 Å². The van der Waals surface area contributed by atoms with Gasteiger partial charge >= 0.3 is 0 Å². The Morgan fingerprint density at radius 3 is 2.95 bits per heavy atom. The van der Waals surface area contributed by atoms with Gasteiger partial charge in [-0.1, -0.05) is 13.3 Å². The van der Waals surface area contributed by atoms with Crippen molar-refractivity contribution < 1.29 is 9.90 Å². The summed E-state index contributed by atoms with van der Waals surface area (Å²) >= 11 is 0. The van der Waals surface area contributed by atoms with E-state index in [1.807, 2.05) is 18.3 Å². The van der Waals surface area contributed by atoms with E-state index in [1.54, 1.807) is 0 Å². The van der Waals surface area contributed by atoms with Gasteiger partial charge in [-0.15, -0.1) is 0 Å². The molecule has 1 aliphatic heterocycles. The third kappa shape index (κ3) is 4.32. The van der Waals surface area contributed by atoms with Crippen molar-refractivity contribution in [2.75, 3.05) is 26.2 Å². The van der Waals surface area contributed by atoms with Gasteiger partial charge in [-0.05, 0) is 50.4 Å². The number of nitrogens with zero attached hydrogens (tertiary/aromatic N) is 1. The van der Waals surface area contributed by atoms with Crippen LogP contribution in [0.3, 0.4) is 0 Å². The molecule has 1 unspecified atom stereocenters. The van der Waals surface area contributed by atoms with Gasteiger partial charge in [0.15, 0.2) is 0 Å². The van der Waals surface area contributed by atoms with Gasteiger partial charge in [0.05, 0.1) is 0 Å². The highest BCUT2D eigenvalue weighted by molar-refractivity contribution is 5.92. The number of aliphatic hydroxyl groups is 1. The van der Waals surface area contributed by atoms with Crippen molar-refractivity contribution in [2.24, 2.45) is 5.92 Å². The van der Waals surface area contributed by atoms with Crippen LogP contribution in [0.4, 0.5) is 0 Å². The Balaban J connectivity index is 1.94. The highest BCUT2D eigenvalue weighted by Crippen LogP contribution is 2.21. The van der Waals surface area contributed by atoms with Crippen LogP contribution in [0.1, 0.15) is 49.1 Å². The fourth-order valence-electron chi connectivity index (χ4n) is 2.95. The SMILES string of the molecule is CCC(CCO)CNC(=O)c1cccn1C1CCNCC1. The molecular weight excluding hydrogens is 266 g/mol. The number of carbonyl (C=O) groups is 1. The minimum absolute atomic E-state index is 0.00470. The highest BCUT2D eigenvalue weighted by Gasteiger charge is 2.20. The van der Waals surface area contributed by atoms with Gasteiger partial charge in [0.2, 0.25) is 0 Å². The predicted molar refractivity (Wildman–Crippen MR) is 83.4 cm³/mol. The van der Waals surface area contributed by atoms with Crippen molar-refractivity contribution in [3.63, 3.8) is 0 Å². The topological polar surface area (TPSA) is 66.3 Å². The largest absolute Gasteiger partial charge is 0.396 e. The molecule has 0 spiro atoms. The van der Waals surface area contributed by atoms with Gasteiger partial charge in [-0.25, -0.2) is 0 Å². The van der Waals surface area contributed by atoms with Crippen LogP contribution in [-0.4, -0.2) is 41.8 Å². The minimum atomic E-state index is -0.00470. The van der Waals surface area contributed by atoms with Gasteiger partial charge < -0.3 is 20.3 Å². The second-order valence-corrected chi connectivity index (χ2v) is 5.78. The predicted octanol–water partition coefficient (Wildman–Crippen LogP) is 1.55. The Bertz CT molecular complexity index is 438. The third-order valence-electron chi connectivity index (χ3n) is 4.38. The normalized spacial score (nSPS) is 17.6. The highest BCUT2D eigenvalue weighted by atomic mass is 16.3. The summed E-state index contributed by atoms with van der Waals surface area (Å²) in [6.45, 7) is 4.92. The lowest BCUT2D eigenvalue weighted by molar-refractivity contribution is 0.0930. The fourth-order valence-corrected chi connectivity index (χ4v) is 2.95. The number of nitrogens with one attached hydrogen (secondary N) is 2. The summed E-state index contributed by atoms with van der Waals surface area (Å²) in [5.41, 5.74) is 0.751. The van der Waals surface area contributed by atoms with Crippen molar-refractivity contribution in [1.82, 2.24) is 15.2 Å². The van der Waals surface area contributed by atoms with E-state index in [2.05, 4.69) is 22.1 Å². The molecule has 1 aromatic rings. The van der Waals surface area contributed by atoms with E-state index in [-0.39, 0.29) is 12.5 Å². The first-order valence-electron chi connectivity index (χ1n) is 8.02. The van der Waals surface area contributed by atoms with E-state index in [0.29, 0.717) is 18.5 Å². The Morgan fingerprint density at radius 1 is 1.52 bits per heavy atom. The third-order valence-corrected chi connectivity index (χ3v) is 4.38. The van der Waals surface area contributed by atoms with E-state index in [9.17, 15) is 4.79 Å². The average molecular weight is 293 g/mol.